The van der Waals surface area contributed by atoms with Crippen molar-refractivity contribution < 1.29 is 5.11 Å². The lowest BCUT2D eigenvalue weighted by Crippen LogP contribution is -2.46. The van der Waals surface area contributed by atoms with Crippen molar-refractivity contribution in [1.29, 1.82) is 0 Å². The summed E-state index contributed by atoms with van der Waals surface area (Å²) in [4.78, 5) is 13.9. The molecule has 1 saturated heterocycles. The van der Waals surface area contributed by atoms with Gasteiger partial charge >= 0.3 is 0 Å². The quantitative estimate of drug-likeness (QED) is 0.398. The van der Waals surface area contributed by atoms with Gasteiger partial charge in [-0.05, 0) is 37.5 Å². The number of aliphatic hydroxyl groups excluding tert-OH is 1. The molecule has 1 aliphatic rings. The molecule has 2 aromatic rings. The Bertz CT molecular complexity index is 772. The number of benzene rings is 1. The SMILES string of the molecule is CCNC(=NCc1cc(N(C)C)nc2ccccc12)N1CCC(O)CC1.I. The van der Waals surface area contributed by atoms with Crippen molar-refractivity contribution in [2.75, 3.05) is 38.6 Å². The van der Waals surface area contributed by atoms with E-state index in [-0.39, 0.29) is 30.1 Å². The van der Waals surface area contributed by atoms with Gasteiger partial charge in [-0.25, -0.2) is 9.98 Å². The Morgan fingerprint density at radius 2 is 2.00 bits per heavy atom. The van der Waals surface area contributed by atoms with E-state index < -0.39 is 0 Å². The number of para-hydroxylation sites is 1. The van der Waals surface area contributed by atoms with Crippen molar-refractivity contribution in [2.24, 2.45) is 4.99 Å². The molecule has 0 spiro atoms. The number of anilines is 1. The molecule has 27 heavy (non-hydrogen) atoms. The van der Waals surface area contributed by atoms with Crippen LogP contribution in [0.5, 0.6) is 0 Å². The lowest BCUT2D eigenvalue weighted by atomic mass is 10.1. The van der Waals surface area contributed by atoms with E-state index in [2.05, 4.69) is 29.3 Å². The summed E-state index contributed by atoms with van der Waals surface area (Å²) in [6, 6.07) is 10.3. The topological polar surface area (TPSA) is 64.0 Å². The van der Waals surface area contributed by atoms with E-state index in [4.69, 9.17) is 9.98 Å². The molecule has 0 saturated carbocycles. The summed E-state index contributed by atoms with van der Waals surface area (Å²) in [7, 11) is 4.01. The van der Waals surface area contributed by atoms with Gasteiger partial charge in [0.1, 0.15) is 5.82 Å². The van der Waals surface area contributed by atoms with Crippen LogP contribution in [-0.2, 0) is 6.54 Å². The third-order valence-corrected chi connectivity index (χ3v) is 4.74. The Kier molecular flexibility index (Phi) is 8.09. The molecule has 0 radical (unpaired) electrons. The number of likely N-dealkylation sites (tertiary alicyclic amines) is 1. The van der Waals surface area contributed by atoms with E-state index >= 15 is 0 Å². The van der Waals surface area contributed by atoms with Gasteiger partial charge < -0.3 is 20.2 Å². The zero-order chi connectivity index (χ0) is 18.5. The number of pyridine rings is 1. The van der Waals surface area contributed by atoms with Gasteiger partial charge in [0.2, 0.25) is 0 Å². The molecular formula is C20H30IN5O. The maximum absolute atomic E-state index is 9.75. The number of hydrogen-bond donors (Lipinski definition) is 2. The standard InChI is InChI=1S/C20H29N5O.HI/c1-4-21-20(25-11-9-16(26)10-12-25)22-14-15-13-19(24(2)3)23-18-8-6-5-7-17(15)18;/h5-8,13,16,26H,4,9-12,14H2,1-3H3,(H,21,22);1H. The van der Waals surface area contributed by atoms with Crippen LogP contribution in [0.15, 0.2) is 35.3 Å². The summed E-state index contributed by atoms with van der Waals surface area (Å²) in [5.41, 5.74) is 2.17. The van der Waals surface area contributed by atoms with Crippen molar-refractivity contribution in [3.63, 3.8) is 0 Å². The average Bonchev–Trinajstić information content (AvgIpc) is 2.65. The highest BCUT2D eigenvalue weighted by molar-refractivity contribution is 14.0. The zero-order valence-electron chi connectivity index (χ0n) is 16.4. The fourth-order valence-electron chi connectivity index (χ4n) is 3.26. The lowest BCUT2D eigenvalue weighted by Gasteiger charge is -2.32. The summed E-state index contributed by atoms with van der Waals surface area (Å²) in [6.45, 7) is 5.20. The van der Waals surface area contributed by atoms with E-state index in [1.165, 1.54) is 5.56 Å². The lowest BCUT2D eigenvalue weighted by molar-refractivity contribution is 0.108. The number of aromatic nitrogens is 1. The number of guanidine groups is 1. The molecule has 0 unspecified atom stereocenters. The van der Waals surface area contributed by atoms with Crippen molar-refractivity contribution in [1.82, 2.24) is 15.2 Å². The fourth-order valence-corrected chi connectivity index (χ4v) is 3.26. The molecule has 7 heteroatoms. The highest BCUT2D eigenvalue weighted by Gasteiger charge is 2.19. The predicted octanol–water partition coefficient (Wildman–Crippen LogP) is 2.84. The van der Waals surface area contributed by atoms with E-state index in [0.29, 0.717) is 6.54 Å². The summed E-state index contributed by atoms with van der Waals surface area (Å²) in [6.07, 6.45) is 1.42. The van der Waals surface area contributed by atoms with Crippen molar-refractivity contribution in [2.45, 2.75) is 32.4 Å². The van der Waals surface area contributed by atoms with E-state index in [0.717, 1.165) is 55.2 Å². The molecular weight excluding hydrogens is 453 g/mol. The van der Waals surface area contributed by atoms with Crippen LogP contribution < -0.4 is 10.2 Å². The number of rotatable bonds is 4. The second-order valence-corrected chi connectivity index (χ2v) is 6.94. The maximum Gasteiger partial charge on any atom is 0.194 e. The summed E-state index contributed by atoms with van der Waals surface area (Å²) in [5.74, 6) is 1.87. The Balaban J connectivity index is 0.00000261. The normalized spacial score (nSPS) is 15.6. The highest BCUT2D eigenvalue weighted by atomic mass is 127. The number of aliphatic imine (C=N–C) groups is 1. The Morgan fingerprint density at radius 3 is 2.67 bits per heavy atom. The molecule has 1 aromatic carbocycles. The Labute approximate surface area is 178 Å². The molecule has 0 amide bonds. The third kappa shape index (κ3) is 5.44. The largest absolute Gasteiger partial charge is 0.393 e. The second-order valence-electron chi connectivity index (χ2n) is 6.94. The maximum atomic E-state index is 9.75. The number of halogens is 1. The number of fused-ring (bicyclic) bond motifs is 1. The van der Waals surface area contributed by atoms with Gasteiger partial charge in [-0.3, -0.25) is 0 Å². The van der Waals surface area contributed by atoms with Crippen molar-refractivity contribution >= 4 is 46.7 Å². The van der Waals surface area contributed by atoms with Gasteiger partial charge in [0, 0.05) is 39.1 Å². The Morgan fingerprint density at radius 1 is 1.30 bits per heavy atom. The molecule has 148 valence electrons. The van der Waals surface area contributed by atoms with E-state index in [9.17, 15) is 5.11 Å². The second kappa shape index (κ2) is 10.1. The van der Waals surface area contributed by atoms with Crippen molar-refractivity contribution in [3.05, 3.63) is 35.9 Å². The number of aliphatic hydroxyl groups is 1. The summed E-state index contributed by atoms with van der Waals surface area (Å²) in [5, 5.41) is 14.3. The van der Waals surface area contributed by atoms with Crippen LogP contribution in [0.25, 0.3) is 10.9 Å². The molecule has 0 atom stereocenters. The fraction of sp³-hybridized carbons (Fsp3) is 0.500. The summed E-state index contributed by atoms with van der Waals surface area (Å²) >= 11 is 0. The first-order valence-electron chi connectivity index (χ1n) is 9.35. The van der Waals surface area contributed by atoms with Gasteiger partial charge in [0.15, 0.2) is 5.96 Å². The monoisotopic (exact) mass is 483 g/mol. The van der Waals surface area contributed by atoms with Gasteiger partial charge in [-0.1, -0.05) is 18.2 Å². The minimum absolute atomic E-state index is 0. The smallest absolute Gasteiger partial charge is 0.194 e. The third-order valence-electron chi connectivity index (χ3n) is 4.74. The minimum Gasteiger partial charge on any atom is -0.393 e. The molecule has 3 rings (SSSR count). The minimum atomic E-state index is -0.180. The van der Waals surface area contributed by atoms with Crippen LogP contribution in [0.1, 0.15) is 25.3 Å². The van der Waals surface area contributed by atoms with Gasteiger partial charge in [0.25, 0.3) is 0 Å². The molecule has 1 aromatic heterocycles. The van der Waals surface area contributed by atoms with Crippen LogP contribution in [0, 0.1) is 0 Å². The van der Waals surface area contributed by atoms with Crippen LogP contribution in [0.4, 0.5) is 5.82 Å². The number of piperidine rings is 1. The van der Waals surface area contributed by atoms with Gasteiger partial charge in [-0.15, -0.1) is 24.0 Å². The Hall–Kier alpha value is -1.61. The number of nitrogens with zero attached hydrogens (tertiary/aromatic N) is 4. The first kappa shape index (κ1) is 21.7. The molecule has 1 fully saturated rings. The molecule has 6 nitrogen and oxygen atoms in total. The number of nitrogens with one attached hydrogen (secondary N) is 1. The first-order chi connectivity index (χ1) is 12.6. The molecule has 2 N–H and O–H groups in total. The molecule has 0 aliphatic carbocycles. The van der Waals surface area contributed by atoms with E-state index in [1.807, 2.05) is 37.2 Å². The highest BCUT2D eigenvalue weighted by Crippen LogP contribution is 2.23. The van der Waals surface area contributed by atoms with Gasteiger partial charge in [-0.2, -0.15) is 0 Å². The van der Waals surface area contributed by atoms with Gasteiger partial charge in [0.05, 0.1) is 18.2 Å². The number of hydrogen-bond acceptors (Lipinski definition) is 4. The molecule has 2 heterocycles. The van der Waals surface area contributed by atoms with Crippen LogP contribution >= 0.6 is 24.0 Å². The van der Waals surface area contributed by atoms with Crippen molar-refractivity contribution in [3.8, 4) is 0 Å². The first-order valence-corrected chi connectivity index (χ1v) is 9.35. The molecule has 1 aliphatic heterocycles. The molecule has 0 bridgehead atoms. The summed E-state index contributed by atoms with van der Waals surface area (Å²) < 4.78 is 0. The average molecular weight is 483 g/mol. The van der Waals surface area contributed by atoms with Crippen LogP contribution in [-0.4, -0.2) is 60.8 Å². The van der Waals surface area contributed by atoms with Crippen LogP contribution in [0.3, 0.4) is 0 Å². The zero-order valence-corrected chi connectivity index (χ0v) is 18.7. The van der Waals surface area contributed by atoms with Crippen LogP contribution in [0.2, 0.25) is 0 Å². The predicted molar refractivity (Wildman–Crippen MR) is 123 cm³/mol. The van der Waals surface area contributed by atoms with E-state index in [1.54, 1.807) is 0 Å².